The molecule has 0 radical (unpaired) electrons. The van der Waals surface area contributed by atoms with E-state index in [0.717, 1.165) is 0 Å². The summed E-state index contributed by atoms with van der Waals surface area (Å²) in [6.07, 6.45) is 0.285. The smallest absolute Gasteiger partial charge is 0.326 e. The van der Waals surface area contributed by atoms with Gasteiger partial charge in [0.2, 0.25) is 0 Å². The van der Waals surface area contributed by atoms with E-state index in [2.05, 4.69) is 5.32 Å². The monoisotopic (exact) mass is 257 g/mol. The molecule has 0 aliphatic heterocycles. The van der Waals surface area contributed by atoms with Crippen molar-refractivity contribution >= 4 is 23.5 Å². The summed E-state index contributed by atoms with van der Waals surface area (Å²) in [7, 11) is 0. The Morgan fingerprint density at radius 1 is 1.47 bits per heavy atom. The molecule has 0 aromatic heterocycles. The van der Waals surface area contributed by atoms with Crippen LogP contribution in [0.15, 0.2) is 18.2 Å². The molecule has 6 heteroatoms. The lowest BCUT2D eigenvalue weighted by Gasteiger charge is -2.12. The number of nitrogens with one attached hydrogen (secondary N) is 1. The quantitative estimate of drug-likeness (QED) is 0.765. The average molecular weight is 258 g/mol. The number of benzene rings is 1. The molecule has 0 heterocycles. The van der Waals surface area contributed by atoms with E-state index in [1.807, 2.05) is 0 Å². The molecule has 0 saturated carbocycles. The van der Waals surface area contributed by atoms with Crippen molar-refractivity contribution in [3.8, 4) is 5.75 Å². The molecule has 0 unspecified atom stereocenters. The van der Waals surface area contributed by atoms with Gasteiger partial charge in [0.05, 0.1) is 5.02 Å². The van der Waals surface area contributed by atoms with E-state index in [1.165, 1.54) is 18.2 Å². The molecule has 0 aliphatic carbocycles. The third-order valence-electron chi connectivity index (χ3n) is 2.22. The summed E-state index contributed by atoms with van der Waals surface area (Å²) in [6.45, 7) is 1.66. The first-order valence-corrected chi connectivity index (χ1v) is 5.35. The summed E-state index contributed by atoms with van der Waals surface area (Å²) in [5.74, 6) is -1.76. The van der Waals surface area contributed by atoms with Crippen LogP contribution < -0.4 is 5.32 Å². The van der Waals surface area contributed by atoms with Crippen LogP contribution in [0.25, 0.3) is 0 Å². The first kappa shape index (κ1) is 13.3. The Bertz CT molecular complexity index is 447. The third-order valence-corrected chi connectivity index (χ3v) is 2.52. The van der Waals surface area contributed by atoms with Crippen LogP contribution in [0.4, 0.5) is 0 Å². The maximum Gasteiger partial charge on any atom is 0.326 e. The summed E-state index contributed by atoms with van der Waals surface area (Å²) in [5.41, 5.74) is 0.201. The fraction of sp³-hybridized carbons (Fsp3) is 0.273. The SMILES string of the molecule is CC[C@@H](NC(=O)c1ccc(O)c(Cl)c1)C(=O)O. The topological polar surface area (TPSA) is 86.6 Å². The van der Waals surface area contributed by atoms with Crippen molar-refractivity contribution in [2.45, 2.75) is 19.4 Å². The number of rotatable bonds is 4. The molecule has 1 atom stereocenters. The van der Waals surface area contributed by atoms with E-state index >= 15 is 0 Å². The standard InChI is InChI=1S/C11H12ClNO4/c1-2-8(11(16)17)13-10(15)6-3-4-9(14)7(12)5-6/h3-5,8,14H,2H2,1H3,(H,13,15)(H,16,17)/t8-/m1/s1. The third kappa shape index (κ3) is 3.35. The fourth-order valence-corrected chi connectivity index (χ4v) is 1.41. The lowest BCUT2D eigenvalue weighted by atomic mass is 10.1. The number of carbonyl (C=O) groups excluding carboxylic acids is 1. The van der Waals surface area contributed by atoms with Crippen molar-refractivity contribution in [3.05, 3.63) is 28.8 Å². The van der Waals surface area contributed by atoms with Gasteiger partial charge in [-0.2, -0.15) is 0 Å². The van der Waals surface area contributed by atoms with Crippen LogP contribution >= 0.6 is 11.6 Å². The number of carboxylic acids is 1. The zero-order valence-corrected chi connectivity index (χ0v) is 9.86. The molecule has 92 valence electrons. The predicted octanol–water partition coefficient (Wildman–Crippen LogP) is 1.64. The molecule has 3 N–H and O–H groups in total. The molecule has 0 saturated heterocycles. The highest BCUT2D eigenvalue weighted by Crippen LogP contribution is 2.23. The van der Waals surface area contributed by atoms with Gasteiger partial charge in [0, 0.05) is 5.56 Å². The molecule has 0 bridgehead atoms. The Morgan fingerprint density at radius 2 is 2.12 bits per heavy atom. The van der Waals surface area contributed by atoms with Gasteiger partial charge in [-0.1, -0.05) is 18.5 Å². The van der Waals surface area contributed by atoms with Crippen molar-refractivity contribution < 1.29 is 19.8 Å². The molecule has 1 amide bonds. The number of aromatic hydroxyl groups is 1. The van der Waals surface area contributed by atoms with E-state index in [-0.39, 0.29) is 22.8 Å². The summed E-state index contributed by atoms with van der Waals surface area (Å²) < 4.78 is 0. The minimum atomic E-state index is -1.09. The molecule has 1 aromatic carbocycles. The van der Waals surface area contributed by atoms with Crippen LogP contribution in [0.2, 0.25) is 5.02 Å². The van der Waals surface area contributed by atoms with Crippen LogP contribution in [0.1, 0.15) is 23.7 Å². The summed E-state index contributed by atoms with van der Waals surface area (Å²) in [4.78, 5) is 22.4. The van der Waals surface area contributed by atoms with E-state index < -0.39 is 17.9 Å². The molecule has 0 spiro atoms. The van der Waals surface area contributed by atoms with Gasteiger partial charge in [-0.15, -0.1) is 0 Å². The Morgan fingerprint density at radius 3 is 2.59 bits per heavy atom. The van der Waals surface area contributed by atoms with Crippen molar-refractivity contribution in [2.24, 2.45) is 0 Å². The Labute approximate surface area is 103 Å². The Balaban J connectivity index is 2.82. The van der Waals surface area contributed by atoms with Gasteiger partial charge in [-0.25, -0.2) is 4.79 Å². The van der Waals surface area contributed by atoms with Crippen LogP contribution in [0, 0.1) is 0 Å². The number of aliphatic carboxylic acids is 1. The number of carbonyl (C=O) groups is 2. The van der Waals surface area contributed by atoms with Crippen LogP contribution in [0.5, 0.6) is 5.75 Å². The summed E-state index contributed by atoms with van der Waals surface area (Å²) in [6, 6.07) is 2.99. The number of hydrogen-bond acceptors (Lipinski definition) is 3. The van der Waals surface area contributed by atoms with Gasteiger partial charge < -0.3 is 15.5 Å². The first-order chi connectivity index (χ1) is 7.95. The summed E-state index contributed by atoms with van der Waals surface area (Å²) >= 11 is 5.64. The molecule has 1 aromatic rings. The predicted molar refractivity (Wildman–Crippen MR) is 62.3 cm³/mol. The minimum Gasteiger partial charge on any atom is -0.506 e. The highest BCUT2D eigenvalue weighted by atomic mass is 35.5. The minimum absolute atomic E-state index is 0.0426. The van der Waals surface area contributed by atoms with Crippen molar-refractivity contribution in [1.82, 2.24) is 5.32 Å². The number of amides is 1. The van der Waals surface area contributed by atoms with E-state index in [4.69, 9.17) is 16.7 Å². The van der Waals surface area contributed by atoms with E-state index in [0.29, 0.717) is 0 Å². The molecule has 1 rings (SSSR count). The normalized spacial score (nSPS) is 11.9. The Kier molecular flexibility index (Phi) is 4.34. The molecule has 0 aliphatic rings. The number of phenolic OH excluding ortho intramolecular Hbond substituents is 1. The second-order valence-electron chi connectivity index (χ2n) is 3.44. The molecule has 17 heavy (non-hydrogen) atoms. The largest absolute Gasteiger partial charge is 0.506 e. The second kappa shape index (κ2) is 5.54. The zero-order valence-electron chi connectivity index (χ0n) is 9.11. The first-order valence-electron chi connectivity index (χ1n) is 4.98. The van der Waals surface area contributed by atoms with Crippen molar-refractivity contribution in [3.63, 3.8) is 0 Å². The Hall–Kier alpha value is -1.75. The van der Waals surface area contributed by atoms with Gasteiger partial charge in [-0.3, -0.25) is 4.79 Å². The number of carboxylic acid groups (broad SMARTS) is 1. The lowest BCUT2D eigenvalue weighted by Crippen LogP contribution is -2.40. The molecule has 5 nitrogen and oxygen atoms in total. The van der Waals surface area contributed by atoms with E-state index in [1.54, 1.807) is 6.92 Å². The highest BCUT2D eigenvalue weighted by molar-refractivity contribution is 6.32. The summed E-state index contributed by atoms with van der Waals surface area (Å²) in [5, 5.41) is 20.4. The number of halogens is 1. The lowest BCUT2D eigenvalue weighted by molar-refractivity contribution is -0.139. The highest BCUT2D eigenvalue weighted by Gasteiger charge is 2.18. The van der Waals surface area contributed by atoms with Gasteiger partial charge in [0.25, 0.3) is 5.91 Å². The van der Waals surface area contributed by atoms with Gasteiger partial charge in [0.15, 0.2) is 0 Å². The number of hydrogen-bond donors (Lipinski definition) is 3. The van der Waals surface area contributed by atoms with Crippen LogP contribution in [-0.2, 0) is 4.79 Å². The maximum absolute atomic E-state index is 11.7. The molecular weight excluding hydrogens is 246 g/mol. The van der Waals surface area contributed by atoms with Gasteiger partial charge in [0.1, 0.15) is 11.8 Å². The fourth-order valence-electron chi connectivity index (χ4n) is 1.23. The van der Waals surface area contributed by atoms with Crippen molar-refractivity contribution in [2.75, 3.05) is 0 Å². The molecule has 0 fully saturated rings. The maximum atomic E-state index is 11.7. The second-order valence-corrected chi connectivity index (χ2v) is 3.85. The van der Waals surface area contributed by atoms with Crippen LogP contribution in [0.3, 0.4) is 0 Å². The van der Waals surface area contributed by atoms with E-state index in [9.17, 15) is 14.7 Å². The van der Waals surface area contributed by atoms with Crippen molar-refractivity contribution in [1.29, 1.82) is 0 Å². The zero-order chi connectivity index (χ0) is 13.0. The van der Waals surface area contributed by atoms with Crippen LogP contribution in [-0.4, -0.2) is 28.1 Å². The molecular formula is C11H12ClNO4. The number of phenols is 1. The van der Waals surface area contributed by atoms with Gasteiger partial charge in [-0.05, 0) is 24.6 Å². The average Bonchev–Trinajstić information content (AvgIpc) is 2.28. The van der Waals surface area contributed by atoms with Gasteiger partial charge >= 0.3 is 5.97 Å².